The molecule has 1 aromatic rings. The van der Waals surface area contributed by atoms with Crippen molar-refractivity contribution >= 4 is 23.0 Å². The Labute approximate surface area is 139 Å². The van der Waals surface area contributed by atoms with Crippen LogP contribution >= 0.6 is 12.2 Å². The van der Waals surface area contributed by atoms with Crippen LogP contribution < -0.4 is 10.6 Å². The van der Waals surface area contributed by atoms with E-state index in [1.54, 1.807) is 6.08 Å². The van der Waals surface area contributed by atoms with Crippen LogP contribution in [0, 0.1) is 0 Å². The minimum atomic E-state index is -4.90. The lowest BCUT2D eigenvalue weighted by atomic mass is 10.1. The predicted octanol–water partition coefficient (Wildman–Crippen LogP) is 5.24. The molecular formula is C15H12F6N2S. The van der Waals surface area contributed by atoms with E-state index < -0.39 is 29.2 Å². The van der Waals surface area contributed by atoms with Crippen LogP contribution in [-0.4, -0.2) is 5.11 Å². The van der Waals surface area contributed by atoms with E-state index >= 15 is 0 Å². The molecule has 0 amide bonds. The molecule has 24 heavy (non-hydrogen) atoms. The summed E-state index contributed by atoms with van der Waals surface area (Å²) in [7, 11) is 0. The molecule has 2 rings (SSSR count). The quantitative estimate of drug-likeness (QED) is 0.553. The zero-order valence-corrected chi connectivity index (χ0v) is 12.9. The highest BCUT2D eigenvalue weighted by Crippen LogP contribution is 2.37. The van der Waals surface area contributed by atoms with Gasteiger partial charge in [-0.3, -0.25) is 0 Å². The molecule has 1 aromatic carbocycles. The predicted molar refractivity (Wildman–Crippen MR) is 82.3 cm³/mol. The summed E-state index contributed by atoms with van der Waals surface area (Å²) < 4.78 is 76.7. The molecule has 0 saturated carbocycles. The molecule has 2 N–H and O–H groups in total. The molecule has 2 nitrogen and oxygen atoms in total. The fourth-order valence-electron chi connectivity index (χ4n) is 2.03. The minimum Gasteiger partial charge on any atom is -0.333 e. The Balaban J connectivity index is 2.23. The zero-order valence-electron chi connectivity index (χ0n) is 12.1. The van der Waals surface area contributed by atoms with Gasteiger partial charge in [0.25, 0.3) is 0 Å². The maximum Gasteiger partial charge on any atom is 0.416 e. The smallest absolute Gasteiger partial charge is 0.333 e. The van der Waals surface area contributed by atoms with Gasteiger partial charge in [-0.15, -0.1) is 0 Å². The van der Waals surface area contributed by atoms with Gasteiger partial charge < -0.3 is 10.6 Å². The first-order chi connectivity index (χ1) is 11.1. The standard InChI is InChI=1S/C15H12F6N2S/c16-14(17,18)9-6-10(15(19,20)21)8-12(7-9)23-13(24)22-11-4-2-1-3-5-11/h2,4-8H,1,3H2,(H2,22,23,24). The first-order valence-electron chi connectivity index (χ1n) is 6.80. The van der Waals surface area contributed by atoms with Crippen molar-refractivity contribution in [3.05, 3.63) is 53.3 Å². The van der Waals surface area contributed by atoms with E-state index in [0.29, 0.717) is 17.8 Å². The number of anilines is 1. The highest BCUT2D eigenvalue weighted by Gasteiger charge is 2.37. The highest BCUT2D eigenvalue weighted by atomic mass is 32.1. The lowest BCUT2D eigenvalue weighted by molar-refractivity contribution is -0.143. The van der Waals surface area contributed by atoms with E-state index in [1.807, 2.05) is 12.2 Å². The molecule has 0 atom stereocenters. The normalized spacial score (nSPS) is 15.0. The maximum absolute atomic E-state index is 12.8. The summed E-state index contributed by atoms with van der Waals surface area (Å²) in [5, 5.41) is 4.98. The third kappa shape index (κ3) is 4.98. The summed E-state index contributed by atoms with van der Waals surface area (Å²) >= 11 is 4.93. The SMILES string of the molecule is FC(F)(F)c1cc(NC(=S)NC2=CCCC=C2)cc(C(F)(F)F)c1. The van der Waals surface area contributed by atoms with Crippen LogP contribution in [0.5, 0.6) is 0 Å². The third-order valence-corrected chi connectivity index (χ3v) is 3.30. The van der Waals surface area contributed by atoms with Gasteiger partial charge in [0, 0.05) is 11.4 Å². The summed E-state index contributed by atoms with van der Waals surface area (Å²) in [5.41, 5.74) is -2.57. The Morgan fingerprint density at radius 3 is 1.92 bits per heavy atom. The van der Waals surface area contributed by atoms with Gasteiger partial charge in [-0.2, -0.15) is 26.3 Å². The van der Waals surface area contributed by atoms with Crippen LogP contribution in [0.4, 0.5) is 32.0 Å². The molecule has 9 heteroatoms. The average molecular weight is 366 g/mol. The number of nitrogens with one attached hydrogen (secondary N) is 2. The zero-order chi connectivity index (χ0) is 18.0. The maximum atomic E-state index is 12.8. The average Bonchev–Trinajstić information content (AvgIpc) is 2.46. The number of hydrogen-bond donors (Lipinski definition) is 2. The van der Waals surface area contributed by atoms with Crippen molar-refractivity contribution in [2.24, 2.45) is 0 Å². The highest BCUT2D eigenvalue weighted by molar-refractivity contribution is 7.80. The van der Waals surface area contributed by atoms with E-state index in [0.717, 1.165) is 12.8 Å². The first-order valence-corrected chi connectivity index (χ1v) is 7.21. The molecule has 0 fully saturated rings. The molecule has 0 heterocycles. The van der Waals surface area contributed by atoms with Crippen LogP contribution in [0.3, 0.4) is 0 Å². The summed E-state index contributed by atoms with van der Waals surface area (Å²) in [4.78, 5) is 0. The summed E-state index contributed by atoms with van der Waals surface area (Å²) in [6, 6.07) is 1.22. The lowest BCUT2D eigenvalue weighted by Gasteiger charge is -2.17. The summed E-state index contributed by atoms with van der Waals surface area (Å²) in [5.74, 6) is 0. The third-order valence-electron chi connectivity index (χ3n) is 3.10. The van der Waals surface area contributed by atoms with Crippen LogP contribution in [0.15, 0.2) is 42.1 Å². The molecule has 1 aliphatic rings. The number of hydrogen-bond acceptors (Lipinski definition) is 1. The monoisotopic (exact) mass is 366 g/mol. The van der Waals surface area contributed by atoms with Gasteiger partial charge >= 0.3 is 12.4 Å². The van der Waals surface area contributed by atoms with Gasteiger partial charge in [-0.25, -0.2) is 0 Å². The fourth-order valence-corrected chi connectivity index (χ4v) is 2.26. The molecule has 0 bridgehead atoms. The largest absolute Gasteiger partial charge is 0.416 e. The van der Waals surface area contributed by atoms with Gasteiger partial charge in [-0.1, -0.05) is 12.2 Å². The first kappa shape index (κ1) is 18.3. The van der Waals surface area contributed by atoms with Crippen molar-refractivity contribution < 1.29 is 26.3 Å². The van der Waals surface area contributed by atoms with Crippen molar-refractivity contribution in [3.8, 4) is 0 Å². The molecule has 0 saturated heterocycles. The van der Waals surface area contributed by atoms with Crippen LogP contribution in [0.2, 0.25) is 0 Å². The van der Waals surface area contributed by atoms with E-state index in [2.05, 4.69) is 10.6 Å². The number of allylic oxidation sites excluding steroid dienone is 3. The molecule has 0 aliphatic heterocycles. The minimum absolute atomic E-state index is 0.0635. The molecule has 0 unspecified atom stereocenters. The van der Waals surface area contributed by atoms with Crippen LogP contribution in [-0.2, 0) is 12.4 Å². The van der Waals surface area contributed by atoms with E-state index in [1.165, 1.54) is 0 Å². The Hall–Kier alpha value is -2.03. The summed E-state index contributed by atoms with van der Waals surface area (Å²) in [6.07, 6.45) is -2.76. The Bertz CT molecular complexity index is 656. The number of benzene rings is 1. The van der Waals surface area contributed by atoms with Crippen LogP contribution in [0.1, 0.15) is 24.0 Å². The molecule has 130 valence electrons. The molecule has 1 aliphatic carbocycles. The van der Waals surface area contributed by atoms with E-state index in [4.69, 9.17) is 12.2 Å². The van der Waals surface area contributed by atoms with Crippen molar-refractivity contribution in [1.82, 2.24) is 5.32 Å². The van der Waals surface area contributed by atoms with E-state index in [9.17, 15) is 26.3 Å². The Morgan fingerprint density at radius 1 is 0.875 bits per heavy atom. The Kier molecular flexibility index (Phi) is 5.22. The number of rotatable bonds is 2. The van der Waals surface area contributed by atoms with Gasteiger partial charge in [-0.05, 0) is 49.3 Å². The number of thiocarbonyl (C=S) groups is 1. The number of alkyl halides is 6. The Morgan fingerprint density at radius 2 is 1.46 bits per heavy atom. The van der Waals surface area contributed by atoms with Gasteiger partial charge in [0.05, 0.1) is 11.1 Å². The summed E-state index contributed by atoms with van der Waals surface area (Å²) in [6.45, 7) is 0. The second kappa shape index (κ2) is 6.84. The van der Waals surface area contributed by atoms with Gasteiger partial charge in [0.2, 0.25) is 0 Å². The second-order valence-electron chi connectivity index (χ2n) is 5.01. The topological polar surface area (TPSA) is 24.1 Å². The number of halogens is 6. The second-order valence-corrected chi connectivity index (χ2v) is 5.42. The lowest BCUT2D eigenvalue weighted by Crippen LogP contribution is -2.28. The van der Waals surface area contributed by atoms with Crippen molar-refractivity contribution in [2.45, 2.75) is 25.2 Å². The van der Waals surface area contributed by atoms with E-state index in [-0.39, 0.29) is 11.2 Å². The van der Waals surface area contributed by atoms with Crippen LogP contribution in [0.25, 0.3) is 0 Å². The van der Waals surface area contributed by atoms with Gasteiger partial charge in [0.15, 0.2) is 5.11 Å². The molecule has 0 aromatic heterocycles. The van der Waals surface area contributed by atoms with Crippen molar-refractivity contribution in [1.29, 1.82) is 0 Å². The fraction of sp³-hybridized carbons (Fsp3) is 0.267. The molecular weight excluding hydrogens is 354 g/mol. The van der Waals surface area contributed by atoms with Crippen molar-refractivity contribution in [2.75, 3.05) is 5.32 Å². The van der Waals surface area contributed by atoms with Crippen molar-refractivity contribution in [3.63, 3.8) is 0 Å². The molecule has 0 spiro atoms. The van der Waals surface area contributed by atoms with Gasteiger partial charge in [0.1, 0.15) is 0 Å². The molecule has 0 radical (unpaired) electrons.